The molecule has 1 N–H and O–H groups in total. The van der Waals surface area contributed by atoms with Gasteiger partial charge < -0.3 is 26.8 Å². The second-order valence-electron chi connectivity index (χ2n) is 8.35. The van der Waals surface area contributed by atoms with Gasteiger partial charge >= 0.3 is 5.97 Å². The van der Waals surface area contributed by atoms with Gasteiger partial charge in [0, 0.05) is 54.5 Å². The van der Waals surface area contributed by atoms with Gasteiger partial charge in [0.15, 0.2) is 0 Å². The van der Waals surface area contributed by atoms with E-state index in [1.165, 1.54) is 0 Å². The van der Waals surface area contributed by atoms with E-state index in [0.717, 1.165) is 65.1 Å². The van der Waals surface area contributed by atoms with Gasteiger partial charge in [0.05, 0.1) is 16.8 Å². The summed E-state index contributed by atoms with van der Waals surface area (Å²) in [4.78, 5) is 17.6. The molecule has 6 nitrogen and oxygen atoms in total. The lowest BCUT2D eigenvalue weighted by Gasteiger charge is -2.22. The summed E-state index contributed by atoms with van der Waals surface area (Å²) in [5, 5.41) is 14.0. The van der Waals surface area contributed by atoms with Gasteiger partial charge in [-0.05, 0) is 69.7 Å². The van der Waals surface area contributed by atoms with Crippen LogP contribution >= 0.6 is 12.2 Å². The van der Waals surface area contributed by atoms with Gasteiger partial charge in [-0.1, -0.05) is 18.2 Å². The molecule has 8 heteroatoms. The summed E-state index contributed by atoms with van der Waals surface area (Å²) in [5.74, 6) is -0.189. The average molecular weight is 552 g/mol. The van der Waals surface area contributed by atoms with Crippen LogP contribution in [0.5, 0.6) is 0 Å². The van der Waals surface area contributed by atoms with E-state index in [2.05, 4.69) is 95.9 Å². The Morgan fingerprint density at radius 1 is 1.00 bits per heavy atom. The molecule has 0 amide bonds. The van der Waals surface area contributed by atoms with Crippen molar-refractivity contribution in [2.24, 2.45) is 4.99 Å². The van der Waals surface area contributed by atoms with Gasteiger partial charge in [-0.15, -0.1) is 0 Å². The van der Waals surface area contributed by atoms with Crippen LogP contribution in [-0.4, -0.2) is 49.5 Å². The molecule has 2 aromatic carbocycles. The van der Waals surface area contributed by atoms with Crippen LogP contribution in [0.25, 0.3) is 33.4 Å². The van der Waals surface area contributed by atoms with E-state index in [-0.39, 0.29) is 18.0 Å². The number of carbonyl (C=O) groups is 1. The smallest absolute Gasteiger partial charge is 0.336 e. The Bertz CT molecular complexity index is 1480. The van der Waals surface area contributed by atoms with Crippen molar-refractivity contribution < 1.29 is 26.7 Å². The topological polar surface area (TPSA) is 69.1 Å². The van der Waals surface area contributed by atoms with Gasteiger partial charge in [0.25, 0.3) is 0 Å². The zero-order valence-corrected chi connectivity index (χ0v) is 24.1. The highest BCUT2D eigenvalue weighted by molar-refractivity contribution is 7.78. The van der Waals surface area contributed by atoms with Crippen LogP contribution in [0.2, 0.25) is 0 Å². The van der Waals surface area contributed by atoms with E-state index >= 15 is 0 Å². The first-order chi connectivity index (χ1) is 17.9. The summed E-state index contributed by atoms with van der Waals surface area (Å²) in [5.41, 5.74) is 4.62. The van der Waals surface area contributed by atoms with Crippen LogP contribution in [0.4, 0.5) is 5.69 Å². The minimum atomic E-state index is -0.938. The number of fused-ring (bicyclic) bond motifs is 2. The summed E-state index contributed by atoms with van der Waals surface area (Å²) in [6.45, 7) is 12.1. The number of hydrogen-bond acceptors (Lipinski definition) is 5. The molecule has 0 spiro atoms. The van der Waals surface area contributed by atoms with Gasteiger partial charge in [-0.25, -0.2) is 14.4 Å². The Hall–Kier alpha value is -3.51. The molecule has 0 fully saturated rings. The molecule has 200 valence electrons. The lowest BCUT2D eigenvalue weighted by atomic mass is 9.90. The average Bonchev–Trinajstić information content (AvgIpc) is 2.93. The predicted molar refractivity (Wildman–Crippen MR) is 156 cm³/mol. The number of carboxylic acid groups (broad SMARTS) is 1. The Morgan fingerprint density at radius 2 is 1.66 bits per heavy atom. The largest absolute Gasteiger partial charge is 1.00 e. The summed E-state index contributed by atoms with van der Waals surface area (Å²) < 4.78 is 8.74. The van der Waals surface area contributed by atoms with Crippen LogP contribution in [-0.2, 0) is 0 Å². The summed E-state index contributed by atoms with van der Waals surface area (Å²) in [6.07, 6.45) is 0. The molecule has 2 aromatic rings. The maximum atomic E-state index is 12.1. The lowest BCUT2D eigenvalue weighted by Crippen LogP contribution is -3.00. The third-order valence-corrected chi connectivity index (χ3v) is 6.65. The molecule has 0 radical (unpaired) electrons. The molecule has 2 aliphatic rings. The van der Waals surface area contributed by atoms with Gasteiger partial charge in [0.2, 0.25) is 5.36 Å². The molecule has 0 atom stereocenters. The molecule has 0 saturated heterocycles. The third kappa shape index (κ3) is 6.48. The Morgan fingerprint density at radius 3 is 2.24 bits per heavy atom. The number of isothiocyanates is 1. The van der Waals surface area contributed by atoms with Crippen molar-refractivity contribution in [2.45, 2.75) is 27.7 Å². The molecule has 0 unspecified atom stereocenters. The van der Waals surface area contributed by atoms with E-state index in [1.54, 1.807) is 19.2 Å². The third-order valence-electron chi connectivity index (χ3n) is 6.46. The lowest BCUT2D eigenvalue weighted by molar-refractivity contribution is -0.0000235. The monoisotopic (exact) mass is 551 g/mol. The van der Waals surface area contributed by atoms with Crippen LogP contribution in [0.15, 0.2) is 70.1 Å². The fourth-order valence-corrected chi connectivity index (χ4v) is 4.62. The fourth-order valence-electron chi connectivity index (χ4n) is 4.62. The number of aliphatic imine (C=N–C) groups is 1. The molecular formula is C30H34ClN3O3S. The number of rotatable bonds is 7. The van der Waals surface area contributed by atoms with Crippen molar-refractivity contribution in [2.75, 3.05) is 38.1 Å². The molecule has 0 saturated carbocycles. The summed E-state index contributed by atoms with van der Waals surface area (Å²) in [7, 11) is 1.59. The quantitative estimate of drug-likeness (QED) is 0.165. The van der Waals surface area contributed by atoms with Gasteiger partial charge in [-0.3, -0.25) is 0 Å². The van der Waals surface area contributed by atoms with Crippen LogP contribution < -0.4 is 27.2 Å². The molecule has 1 aliphatic carbocycles. The van der Waals surface area contributed by atoms with Crippen LogP contribution in [0.3, 0.4) is 0 Å². The van der Waals surface area contributed by atoms with Crippen molar-refractivity contribution >= 4 is 40.0 Å². The first kappa shape index (κ1) is 30.7. The SMILES string of the molecule is CCN(CC)c1ccc2c(-c3ccccc3C(=O)O)c3ccc(=[N+](CC)CC)cc-3oc2c1.CN=C=S.[Cl-]. The van der Waals surface area contributed by atoms with Crippen molar-refractivity contribution in [3.05, 3.63) is 71.6 Å². The second kappa shape index (κ2) is 14.4. The highest BCUT2D eigenvalue weighted by Gasteiger charge is 2.22. The van der Waals surface area contributed by atoms with E-state index in [1.807, 2.05) is 12.1 Å². The van der Waals surface area contributed by atoms with Crippen LogP contribution in [0, 0.1) is 0 Å². The molecule has 4 rings (SSSR count). The maximum Gasteiger partial charge on any atom is 0.336 e. The number of thiocarbonyl (C=S) groups is 1. The number of carboxylic acids is 1. The normalized spacial score (nSPS) is 10.1. The number of halogens is 1. The zero-order valence-electron chi connectivity index (χ0n) is 22.5. The molecule has 38 heavy (non-hydrogen) atoms. The van der Waals surface area contributed by atoms with E-state index in [4.69, 9.17) is 4.42 Å². The molecule has 1 aliphatic heterocycles. The number of anilines is 1. The highest BCUT2D eigenvalue weighted by atomic mass is 35.5. The number of nitrogens with zero attached hydrogens (tertiary/aromatic N) is 3. The van der Waals surface area contributed by atoms with E-state index in [0.29, 0.717) is 5.56 Å². The van der Waals surface area contributed by atoms with Crippen molar-refractivity contribution in [3.63, 3.8) is 0 Å². The van der Waals surface area contributed by atoms with Crippen molar-refractivity contribution in [1.82, 2.24) is 4.58 Å². The first-order valence-electron chi connectivity index (χ1n) is 12.6. The van der Waals surface area contributed by atoms with Crippen molar-refractivity contribution in [1.29, 1.82) is 0 Å². The van der Waals surface area contributed by atoms with E-state index < -0.39 is 5.97 Å². The maximum absolute atomic E-state index is 12.1. The van der Waals surface area contributed by atoms with Crippen LogP contribution in [0.1, 0.15) is 38.1 Å². The fraction of sp³-hybridized carbons (Fsp3) is 0.300. The Balaban J connectivity index is 0.000000947. The standard InChI is InChI=1S/C28H30N2O3.C2H3NS.ClH/c1-5-29(6-2)19-13-15-23-25(17-19)33-26-18-20(30(7-3)8-4)14-16-24(26)27(23)21-11-9-10-12-22(21)28(31)32;1-3-2-4;/h9-18H,5-8H2,1-4H3;1H3;1H. The summed E-state index contributed by atoms with van der Waals surface area (Å²) >= 11 is 4.14. The number of aromatic carboxylic acids is 1. The predicted octanol–water partition coefficient (Wildman–Crippen LogP) is 3.28. The molecule has 0 bridgehead atoms. The van der Waals surface area contributed by atoms with Gasteiger partial charge in [0.1, 0.15) is 24.4 Å². The van der Waals surface area contributed by atoms with Crippen molar-refractivity contribution in [3.8, 4) is 22.5 Å². The minimum Gasteiger partial charge on any atom is -1.00 e. The minimum absolute atomic E-state index is 0. The van der Waals surface area contributed by atoms with Gasteiger partial charge in [-0.2, -0.15) is 0 Å². The molecular weight excluding hydrogens is 518 g/mol. The van der Waals surface area contributed by atoms with E-state index in [9.17, 15) is 9.90 Å². The Labute approximate surface area is 235 Å². The first-order valence-corrected chi connectivity index (χ1v) is 13.0. The number of benzene rings is 3. The second-order valence-corrected chi connectivity index (χ2v) is 8.53. The molecule has 0 aromatic heterocycles. The number of hydrogen-bond donors (Lipinski definition) is 1. The summed E-state index contributed by atoms with van der Waals surface area (Å²) in [6, 6.07) is 19.6. The highest BCUT2D eigenvalue weighted by Crippen LogP contribution is 2.42. The zero-order chi connectivity index (χ0) is 26.9. The molecule has 1 heterocycles. The Kier molecular flexibility index (Phi) is 11.7.